The van der Waals surface area contributed by atoms with Gasteiger partial charge < -0.3 is 20.2 Å². The first-order valence-electron chi connectivity index (χ1n) is 7.34. The van der Waals surface area contributed by atoms with Crippen LogP contribution in [0.2, 0.25) is 0 Å². The number of nitrogen functional groups attached to an aromatic ring is 1. The fourth-order valence-corrected chi connectivity index (χ4v) is 2.71. The molecule has 1 aromatic carbocycles. The Morgan fingerprint density at radius 2 is 2.23 bits per heavy atom. The Labute approximate surface area is 127 Å². The molecular weight excluding hydrogens is 284 g/mol. The molecule has 6 heteroatoms. The molecule has 3 N–H and O–H groups in total. The van der Waals surface area contributed by atoms with Gasteiger partial charge in [-0.1, -0.05) is 6.42 Å². The van der Waals surface area contributed by atoms with Gasteiger partial charge in [0, 0.05) is 22.7 Å². The number of nitrogens with two attached hydrogens (primary N) is 1. The summed E-state index contributed by atoms with van der Waals surface area (Å²) in [5, 5.41) is 3.78. The Morgan fingerprint density at radius 1 is 1.41 bits per heavy atom. The van der Waals surface area contributed by atoms with E-state index in [4.69, 9.17) is 14.9 Å². The quantitative estimate of drug-likeness (QED) is 0.498. The molecule has 2 heterocycles. The Balaban J connectivity index is 1.92. The zero-order valence-corrected chi connectivity index (χ0v) is 12.3. The number of aryl methyl sites for hydroxylation is 1. The zero-order chi connectivity index (χ0) is 15.7. The molecule has 1 aliphatic heterocycles. The lowest BCUT2D eigenvalue weighted by Crippen LogP contribution is -2.42. The molecule has 1 aliphatic rings. The molecule has 1 saturated heterocycles. The van der Waals surface area contributed by atoms with Crippen molar-refractivity contribution in [2.24, 2.45) is 0 Å². The predicted molar refractivity (Wildman–Crippen MR) is 82.9 cm³/mol. The second kappa shape index (κ2) is 5.81. The topological polar surface area (TPSA) is 94.6 Å². The highest BCUT2D eigenvalue weighted by molar-refractivity contribution is 5.92. The number of hydrogen-bond donors (Lipinski definition) is 2. The highest BCUT2D eigenvalue weighted by Gasteiger charge is 2.23. The molecule has 116 valence electrons. The molecule has 1 aromatic heterocycles. The molecule has 0 bridgehead atoms. The van der Waals surface area contributed by atoms with Crippen molar-refractivity contribution >= 4 is 22.6 Å². The third-order valence-corrected chi connectivity index (χ3v) is 3.95. The minimum absolute atomic E-state index is 0.281. The first kappa shape index (κ1) is 14.6. The van der Waals surface area contributed by atoms with Crippen LogP contribution in [0.1, 0.15) is 24.8 Å². The Bertz CT molecular complexity index is 776. The molecule has 0 saturated carbocycles. The summed E-state index contributed by atoms with van der Waals surface area (Å²) in [5.41, 5.74) is 6.58. The van der Waals surface area contributed by atoms with Crippen molar-refractivity contribution in [3.8, 4) is 5.75 Å². The van der Waals surface area contributed by atoms with Gasteiger partial charge in [0.15, 0.2) is 0 Å². The van der Waals surface area contributed by atoms with E-state index in [9.17, 15) is 9.59 Å². The number of anilines is 1. The molecule has 1 atom stereocenters. The number of benzene rings is 1. The van der Waals surface area contributed by atoms with Gasteiger partial charge in [-0.05, 0) is 38.4 Å². The fourth-order valence-electron chi connectivity index (χ4n) is 2.71. The number of esters is 1. The van der Waals surface area contributed by atoms with Crippen LogP contribution in [0.25, 0.3) is 11.0 Å². The highest BCUT2D eigenvalue weighted by Crippen LogP contribution is 2.29. The van der Waals surface area contributed by atoms with Crippen LogP contribution < -0.4 is 21.4 Å². The molecule has 1 fully saturated rings. The van der Waals surface area contributed by atoms with E-state index in [1.165, 1.54) is 6.07 Å². The molecule has 6 nitrogen and oxygen atoms in total. The standard InChI is InChI=1S/C16H18N2O4/c1-9-13(21-16(20)12-4-2-3-7-18-12)6-5-10-11(17)8-14(19)22-15(9)10/h5-6,8,12,18H,2-4,7,17H2,1H3. The number of rotatable bonds is 2. The molecular formula is C16H18N2O4. The normalized spacial score (nSPS) is 18.3. The van der Waals surface area contributed by atoms with Gasteiger partial charge in [-0.2, -0.15) is 0 Å². The van der Waals surface area contributed by atoms with Gasteiger partial charge in [0.2, 0.25) is 0 Å². The summed E-state index contributed by atoms with van der Waals surface area (Å²) in [6.45, 7) is 2.56. The van der Waals surface area contributed by atoms with E-state index < -0.39 is 5.63 Å². The number of nitrogens with one attached hydrogen (secondary N) is 1. The number of carbonyl (C=O) groups excluding carboxylic acids is 1. The molecule has 0 amide bonds. The van der Waals surface area contributed by atoms with Gasteiger partial charge in [0.05, 0.1) is 0 Å². The zero-order valence-electron chi connectivity index (χ0n) is 12.3. The highest BCUT2D eigenvalue weighted by atomic mass is 16.5. The smallest absolute Gasteiger partial charge is 0.338 e. The molecule has 0 aliphatic carbocycles. The van der Waals surface area contributed by atoms with Crippen molar-refractivity contribution in [2.75, 3.05) is 12.3 Å². The van der Waals surface area contributed by atoms with Gasteiger partial charge in [-0.15, -0.1) is 0 Å². The summed E-state index contributed by atoms with van der Waals surface area (Å²) in [6.07, 6.45) is 2.85. The third-order valence-electron chi connectivity index (χ3n) is 3.95. The van der Waals surface area contributed by atoms with Crippen LogP contribution in [0.15, 0.2) is 27.4 Å². The lowest BCUT2D eigenvalue weighted by Gasteiger charge is -2.22. The van der Waals surface area contributed by atoms with Gasteiger partial charge in [0.25, 0.3) is 0 Å². The fraction of sp³-hybridized carbons (Fsp3) is 0.375. The van der Waals surface area contributed by atoms with E-state index in [0.29, 0.717) is 28.0 Å². The lowest BCUT2D eigenvalue weighted by atomic mass is 10.1. The lowest BCUT2D eigenvalue weighted by molar-refractivity contribution is -0.137. The van der Waals surface area contributed by atoms with Crippen molar-refractivity contribution in [3.05, 3.63) is 34.2 Å². The van der Waals surface area contributed by atoms with Gasteiger partial charge in [-0.3, -0.25) is 0 Å². The van der Waals surface area contributed by atoms with E-state index in [1.807, 2.05) is 0 Å². The second-order valence-electron chi connectivity index (χ2n) is 5.51. The summed E-state index contributed by atoms with van der Waals surface area (Å²) in [5.74, 6) is 0.0759. The second-order valence-corrected chi connectivity index (χ2v) is 5.51. The number of piperidine rings is 1. The summed E-state index contributed by atoms with van der Waals surface area (Å²) in [7, 11) is 0. The van der Waals surface area contributed by atoms with Crippen LogP contribution in [-0.4, -0.2) is 18.6 Å². The maximum absolute atomic E-state index is 12.2. The minimum Gasteiger partial charge on any atom is -0.425 e. The Morgan fingerprint density at radius 3 is 2.95 bits per heavy atom. The van der Waals surface area contributed by atoms with Crippen molar-refractivity contribution in [1.29, 1.82) is 0 Å². The van der Waals surface area contributed by atoms with Gasteiger partial charge >= 0.3 is 11.6 Å². The first-order chi connectivity index (χ1) is 10.6. The van der Waals surface area contributed by atoms with Gasteiger partial charge in [0.1, 0.15) is 17.4 Å². The number of carbonyl (C=O) groups is 1. The number of fused-ring (bicyclic) bond motifs is 1. The average molecular weight is 302 g/mol. The van der Waals surface area contributed by atoms with E-state index >= 15 is 0 Å². The van der Waals surface area contributed by atoms with Crippen molar-refractivity contribution in [1.82, 2.24) is 5.32 Å². The van der Waals surface area contributed by atoms with Crippen LogP contribution in [0.5, 0.6) is 5.75 Å². The molecule has 2 aromatic rings. The van der Waals surface area contributed by atoms with E-state index in [0.717, 1.165) is 25.8 Å². The van der Waals surface area contributed by atoms with Crippen LogP contribution >= 0.6 is 0 Å². The monoisotopic (exact) mass is 302 g/mol. The van der Waals surface area contributed by atoms with Crippen LogP contribution in [0.3, 0.4) is 0 Å². The first-order valence-corrected chi connectivity index (χ1v) is 7.34. The largest absolute Gasteiger partial charge is 0.425 e. The maximum Gasteiger partial charge on any atom is 0.338 e. The van der Waals surface area contributed by atoms with Crippen LogP contribution in [-0.2, 0) is 4.79 Å². The summed E-state index contributed by atoms with van der Waals surface area (Å²) < 4.78 is 10.7. The Kier molecular flexibility index (Phi) is 3.85. The average Bonchev–Trinajstić information content (AvgIpc) is 2.51. The molecule has 22 heavy (non-hydrogen) atoms. The van der Waals surface area contributed by atoms with Crippen LogP contribution in [0.4, 0.5) is 5.69 Å². The SMILES string of the molecule is Cc1c(OC(=O)C2CCCCN2)ccc2c(N)cc(=O)oc12. The Hall–Kier alpha value is -2.34. The third kappa shape index (κ3) is 2.69. The summed E-state index contributed by atoms with van der Waals surface area (Å²) in [6, 6.07) is 4.32. The van der Waals surface area contributed by atoms with Crippen molar-refractivity contribution in [2.45, 2.75) is 32.2 Å². The van der Waals surface area contributed by atoms with Crippen molar-refractivity contribution in [3.63, 3.8) is 0 Å². The predicted octanol–water partition coefficient (Wildman–Crippen LogP) is 1.73. The maximum atomic E-state index is 12.2. The van der Waals surface area contributed by atoms with E-state index in [2.05, 4.69) is 5.32 Å². The van der Waals surface area contributed by atoms with Crippen molar-refractivity contribution < 1.29 is 13.9 Å². The molecule has 1 unspecified atom stereocenters. The number of hydrogen-bond acceptors (Lipinski definition) is 6. The van der Waals surface area contributed by atoms with E-state index in [-0.39, 0.29) is 12.0 Å². The van der Waals surface area contributed by atoms with Gasteiger partial charge in [-0.25, -0.2) is 9.59 Å². The summed E-state index contributed by atoms with van der Waals surface area (Å²) in [4.78, 5) is 23.7. The van der Waals surface area contributed by atoms with Crippen LogP contribution in [0, 0.1) is 6.92 Å². The summed E-state index contributed by atoms with van der Waals surface area (Å²) >= 11 is 0. The number of ether oxygens (including phenoxy) is 1. The molecule has 0 radical (unpaired) electrons. The molecule has 3 rings (SSSR count). The minimum atomic E-state index is -0.523. The van der Waals surface area contributed by atoms with E-state index in [1.54, 1.807) is 19.1 Å². The molecule has 0 spiro atoms.